The zero-order valence-electron chi connectivity index (χ0n) is 17.6. The molecule has 0 spiro atoms. The zero-order valence-corrected chi connectivity index (χ0v) is 17.6. The second kappa shape index (κ2) is 8.04. The summed E-state index contributed by atoms with van der Waals surface area (Å²) in [7, 11) is 0. The zero-order chi connectivity index (χ0) is 22.2. The molecule has 4 aromatic rings. The van der Waals surface area contributed by atoms with Crippen molar-refractivity contribution in [1.29, 1.82) is 0 Å². The largest absolute Gasteiger partial charge is 0.546 e. The standard InChI is InChI=1S/C26H24N2O4/c27-26(31)19-11-6-12-20-23(19)24-21(28(20)14-16-7-2-1-3-8-16)13-17-9-4-5-10-18(17)25(24)32-15-22(29)30/h1-3,6-8,11-13H,4-5,9-10,14-15H2,(H2,27,31)(H,29,30)/p-1. The monoisotopic (exact) mass is 427 g/mol. The third-order valence-corrected chi connectivity index (χ3v) is 6.24. The number of nitrogens with two attached hydrogens (primary N) is 1. The topological polar surface area (TPSA) is 97.4 Å². The summed E-state index contributed by atoms with van der Waals surface area (Å²) in [4.78, 5) is 23.6. The van der Waals surface area contributed by atoms with E-state index in [2.05, 4.69) is 22.8 Å². The Morgan fingerprint density at radius 3 is 2.50 bits per heavy atom. The van der Waals surface area contributed by atoms with Crippen molar-refractivity contribution in [3.8, 4) is 5.75 Å². The highest BCUT2D eigenvalue weighted by Crippen LogP contribution is 2.43. The first-order valence-electron chi connectivity index (χ1n) is 10.8. The highest BCUT2D eigenvalue weighted by atomic mass is 16.5. The van der Waals surface area contributed by atoms with Gasteiger partial charge in [0.1, 0.15) is 12.4 Å². The van der Waals surface area contributed by atoms with Gasteiger partial charge in [-0.25, -0.2) is 0 Å². The summed E-state index contributed by atoms with van der Waals surface area (Å²) < 4.78 is 8.02. The molecule has 1 aliphatic rings. The molecule has 6 nitrogen and oxygen atoms in total. The molecule has 1 amide bonds. The average Bonchev–Trinajstić information content (AvgIpc) is 3.10. The Bertz CT molecular complexity index is 1360. The van der Waals surface area contributed by atoms with Crippen LogP contribution in [0.25, 0.3) is 21.8 Å². The van der Waals surface area contributed by atoms with Crippen molar-refractivity contribution in [1.82, 2.24) is 4.57 Å². The van der Waals surface area contributed by atoms with E-state index in [4.69, 9.17) is 10.5 Å². The number of ether oxygens (including phenoxy) is 1. The Morgan fingerprint density at radius 2 is 1.75 bits per heavy atom. The van der Waals surface area contributed by atoms with Gasteiger partial charge in [-0.05, 0) is 60.6 Å². The molecule has 0 aliphatic heterocycles. The quantitative estimate of drug-likeness (QED) is 0.512. The highest BCUT2D eigenvalue weighted by molar-refractivity contribution is 6.20. The maximum absolute atomic E-state index is 12.4. The van der Waals surface area contributed by atoms with Crippen molar-refractivity contribution in [2.45, 2.75) is 32.2 Å². The van der Waals surface area contributed by atoms with E-state index in [1.54, 1.807) is 6.07 Å². The molecule has 0 radical (unpaired) electrons. The fraction of sp³-hybridized carbons (Fsp3) is 0.231. The van der Waals surface area contributed by atoms with Crippen LogP contribution in [-0.4, -0.2) is 23.1 Å². The summed E-state index contributed by atoms with van der Waals surface area (Å²) in [6.07, 6.45) is 3.79. The van der Waals surface area contributed by atoms with Crippen LogP contribution in [0.15, 0.2) is 54.6 Å². The molecule has 2 N–H and O–H groups in total. The minimum absolute atomic E-state index is 0.397. The number of carbonyl (C=O) groups excluding carboxylic acids is 2. The highest BCUT2D eigenvalue weighted by Gasteiger charge is 2.25. The van der Waals surface area contributed by atoms with Crippen molar-refractivity contribution >= 4 is 33.7 Å². The number of carbonyl (C=O) groups is 2. The van der Waals surface area contributed by atoms with E-state index in [0.29, 0.717) is 23.2 Å². The fourth-order valence-corrected chi connectivity index (χ4v) is 4.90. The number of carboxylic acids is 1. The lowest BCUT2D eigenvalue weighted by Crippen LogP contribution is -2.29. The van der Waals surface area contributed by atoms with Crippen LogP contribution in [0.5, 0.6) is 5.75 Å². The van der Waals surface area contributed by atoms with Crippen molar-refractivity contribution in [3.05, 3.63) is 76.9 Å². The number of primary amides is 1. The number of aryl methyl sites for hydroxylation is 1. The molecule has 0 atom stereocenters. The van der Waals surface area contributed by atoms with Crippen LogP contribution >= 0.6 is 0 Å². The van der Waals surface area contributed by atoms with E-state index < -0.39 is 18.5 Å². The Hall–Kier alpha value is -3.80. The molecule has 5 rings (SSSR count). The molecule has 1 aliphatic carbocycles. The first-order chi connectivity index (χ1) is 15.5. The van der Waals surface area contributed by atoms with Gasteiger partial charge >= 0.3 is 0 Å². The van der Waals surface area contributed by atoms with Crippen LogP contribution in [0, 0.1) is 0 Å². The molecule has 0 saturated heterocycles. The lowest BCUT2D eigenvalue weighted by atomic mass is 9.89. The number of hydrogen-bond donors (Lipinski definition) is 1. The molecule has 0 unspecified atom stereocenters. The fourth-order valence-electron chi connectivity index (χ4n) is 4.90. The predicted octanol–water partition coefficient (Wildman–Crippen LogP) is 2.95. The van der Waals surface area contributed by atoms with E-state index in [9.17, 15) is 14.7 Å². The Labute approximate surface area is 185 Å². The minimum Gasteiger partial charge on any atom is -0.546 e. The molecule has 3 aromatic carbocycles. The van der Waals surface area contributed by atoms with E-state index in [0.717, 1.165) is 58.8 Å². The third-order valence-electron chi connectivity index (χ3n) is 6.24. The van der Waals surface area contributed by atoms with Gasteiger partial charge in [-0.2, -0.15) is 0 Å². The number of amides is 1. The summed E-state index contributed by atoms with van der Waals surface area (Å²) in [5.74, 6) is -1.28. The molecule has 1 aromatic heterocycles. The second-order valence-electron chi connectivity index (χ2n) is 8.24. The molecule has 162 valence electrons. The Morgan fingerprint density at radius 1 is 0.969 bits per heavy atom. The number of benzene rings is 3. The van der Waals surface area contributed by atoms with E-state index >= 15 is 0 Å². The maximum atomic E-state index is 12.4. The summed E-state index contributed by atoms with van der Waals surface area (Å²) >= 11 is 0. The molecule has 0 bridgehead atoms. The number of hydrogen-bond acceptors (Lipinski definition) is 4. The van der Waals surface area contributed by atoms with E-state index in [1.807, 2.05) is 30.3 Å². The molecule has 6 heteroatoms. The number of aromatic nitrogens is 1. The van der Waals surface area contributed by atoms with Gasteiger partial charge in [0, 0.05) is 17.5 Å². The van der Waals surface area contributed by atoms with Gasteiger partial charge in [0.25, 0.3) is 0 Å². The van der Waals surface area contributed by atoms with Crippen LogP contribution in [0.1, 0.15) is 39.9 Å². The van der Waals surface area contributed by atoms with Crippen LogP contribution in [0.2, 0.25) is 0 Å². The van der Waals surface area contributed by atoms with Gasteiger partial charge in [0.2, 0.25) is 5.91 Å². The normalized spacial score (nSPS) is 13.2. The molecule has 32 heavy (non-hydrogen) atoms. The third kappa shape index (κ3) is 3.38. The van der Waals surface area contributed by atoms with Gasteiger partial charge < -0.3 is 24.9 Å². The molecule has 0 saturated carbocycles. The van der Waals surface area contributed by atoms with Gasteiger partial charge in [-0.15, -0.1) is 0 Å². The number of nitrogens with zero attached hydrogens (tertiary/aromatic N) is 1. The second-order valence-corrected chi connectivity index (χ2v) is 8.24. The first-order valence-corrected chi connectivity index (χ1v) is 10.8. The lowest BCUT2D eigenvalue weighted by Gasteiger charge is -2.22. The maximum Gasteiger partial charge on any atom is 0.249 e. The summed E-state index contributed by atoms with van der Waals surface area (Å²) in [5, 5.41) is 12.7. The van der Waals surface area contributed by atoms with Crippen molar-refractivity contribution < 1.29 is 19.4 Å². The van der Waals surface area contributed by atoms with Crippen molar-refractivity contribution in [2.24, 2.45) is 5.73 Å². The first kappa shape index (κ1) is 20.1. The predicted molar refractivity (Wildman–Crippen MR) is 121 cm³/mol. The van der Waals surface area contributed by atoms with Gasteiger partial charge in [0.15, 0.2) is 0 Å². The summed E-state index contributed by atoms with van der Waals surface area (Å²) in [5.41, 5.74) is 11.2. The van der Waals surface area contributed by atoms with Gasteiger partial charge in [-0.1, -0.05) is 36.4 Å². The SMILES string of the molecule is NC(=O)c1cccc2c1c1c(OCC(=O)[O-])c3c(cc1n2Cc1ccccc1)CCCC3. The molecular formula is C26H23N2O4-. The molecule has 0 fully saturated rings. The van der Waals surface area contributed by atoms with Crippen LogP contribution in [0.4, 0.5) is 0 Å². The number of carboxylic acid groups (broad SMARTS) is 1. The van der Waals surface area contributed by atoms with Crippen LogP contribution in [-0.2, 0) is 24.2 Å². The van der Waals surface area contributed by atoms with Crippen molar-refractivity contribution in [3.63, 3.8) is 0 Å². The number of rotatable bonds is 6. The Kier molecular flexibility index (Phi) is 5.05. The average molecular weight is 427 g/mol. The number of aliphatic carboxylic acids is 1. The summed E-state index contributed by atoms with van der Waals surface area (Å²) in [6.45, 7) is 0.0530. The smallest absolute Gasteiger partial charge is 0.249 e. The molecular weight excluding hydrogens is 404 g/mol. The Balaban J connectivity index is 1.88. The summed E-state index contributed by atoms with van der Waals surface area (Å²) in [6, 6.07) is 17.7. The van der Waals surface area contributed by atoms with Crippen LogP contribution in [0.3, 0.4) is 0 Å². The van der Waals surface area contributed by atoms with E-state index in [-0.39, 0.29) is 0 Å². The molecule has 1 heterocycles. The van der Waals surface area contributed by atoms with Gasteiger partial charge in [0.05, 0.1) is 22.4 Å². The van der Waals surface area contributed by atoms with Crippen LogP contribution < -0.4 is 15.6 Å². The lowest BCUT2D eigenvalue weighted by molar-refractivity contribution is -0.307. The van der Waals surface area contributed by atoms with Gasteiger partial charge in [-0.3, -0.25) is 4.79 Å². The minimum atomic E-state index is -1.28. The number of fused-ring (bicyclic) bond motifs is 4. The van der Waals surface area contributed by atoms with Crippen molar-refractivity contribution in [2.75, 3.05) is 6.61 Å². The van der Waals surface area contributed by atoms with E-state index in [1.165, 1.54) is 0 Å².